The Labute approximate surface area is 136 Å². The van der Waals surface area contributed by atoms with Crippen molar-refractivity contribution in [2.24, 2.45) is 15.1 Å². The van der Waals surface area contributed by atoms with Gasteiger partial charge < -0.3 is 5.41 Å². The zero-order valence-corrected chi connectivity index (χ0v) is 14.5. The van der Waals surface area contributed by atoms with Crippen LogP contribution in [0.2, 0.25) is 0 Å². The fourth-order valence-corrected chi connectivity index (χ4v) is 2.24. The number of hydrogen-bond acceptors (Lipinski definition) is 5. The molecule has 21 heavy (non-hydrogen) atoms. The number of rotatable bonds is 9. The summed E-state index contributed by atoms with van der Waals surface area (Å²) in [4.78, 5) is 8.20. The van der Waals surface area contributed by atoms with E-state index < -0.39 is 0 Å². The van der Waals surface area contributed by atoms with Crippen LogP contribution in [-0.2, 0) is 0 Å². The molecule has 0 radical (unpaired) electrons. The second-order valence-corrected chi connectivity index (χ2v) is 5.79. The maximum Gasteiger partial charge on any atom is 0.143 e. The highest BCUT2D eigenvalue weighted by atomic mass is 35.5. The first-order chi connectivity index (χ1) is 10.2. The van der Waals surface area contributed by atoms with Crippen molar-refractivity contribution in [3.05, 3.63) is 11.6 Å². The molecule has 0 saturated heterocycles. The second-order valence-electron chi connectivity index (χ2n) is 4.13. The Morgan fingerprint density at radius 2 is 2.10 bits per heavy atom. The van der Waals surface area contributed by atoms with Crippen molar-refractivity contribution in [3.8, 4) is 0 Å². The van der Waals surface area contributed by atoms with Gasteiger partial charge in [0.15, 0.2) is 0 Å². The number of alkyl halides is 1. The van der Waals surface area contributed by atoms with Gasteiger partial charge >= 0.3 is 0 Å². The van der Waals surface area contributed by atoms with E-state index in [0.717, 1.165) is 41.3 Å². The summed E-state index contributed by atoms with van der Waals surface area (Å²) >= 11 is 7.35. The summed E-state index contributed by atoms with van der Waals surface area (Å²) in [5, 5.41) is 12.1. The summed E-state index contributed by atoms with van der Waals surface area (Å²) in [6.45, 7) is 4.45. The minimum absolute atomic E-state index is 0.526. The smallest absolute Gasteiger partial charge is 0.143 e. The van der Waals surface area contributed by atoms with Crippen LogP contribution in [0.5, 0.6) is 0 Å². The van der Waals surface area contributed by atoms with Gasteiger partial charge in [-0.15, -0.1) is 23.4 Å². The van der Waals surface area contributed by atoms with Gasteiger partial charge in [-0.2, -0.15) is 5.10 Å². The molecule has 118 valence electrons. The summed E-state index contributed by atoms with van der Waals surface area (Å²) in [7, 11) is 1.72. The molecule has 0 aromatic carbocycles. The fraction of sp³-hybridized carbons (Fsp3) is 0.571. The number of amidine groups is 1. The highest BCUT2D eigenvalue weighted by Crippen LogP contribution is 2.07. The van der Waals surface area contributed by atoms with E-state index in [1.165, 1.54) is 6.21 Å². The Hall–Kier alpha value is -1.14. The second kappa shape index (κ2) is 13.8. The van der Waals surface area contributed by atoms with Crippen LogP contribution >= 0.6 is 23.4 Å². The van der Waals surface area contributed by atoms with Crippen LogP contribution in [-0.4, -0.2) is 48.5 Å². The van der Waals surface area contributed by atoms with Gasteiger partial charge in [-0.05, 0) is 38.0 Å². The van der Waals surface area contributed by atoms with Gasteiger partial charge in [0.1, 0.15) is 5.84 Å². The average Bonchev–Trinajstić information content (AvgIpc) is 2.48. The van der Waals surface area contributed by atoms with Crippen LogP contribution in [0.3, 0.4) is 0 Å². The summed E-state index contributed by atoms with van der Waals surface area (Å²) in [6, 6.07) is 0. The number of thioether (sulfide) groups is 1. The average molecular weight is 330 g/mol. The first-order valence-electron chi connectivity index (χ1n) is 6.77. The third-order valence-corrected chi connectivity index (χ3v) is 3.71. The van der Waals surface area contributed by atoms with E-state index in [0.29, 0.717) is 12.4 Å². The number of halogens is 1. The van der Waals surface area contributed by atoms with Crippen molar-refractivity contribution >= 4 is 46.7 Å². The van der Waals surface area contributed by atoms with Crippen molar-refractivity contribution in [1.82, 2.24) is 5.43 Å². The predicted octanol–water partition coefficient (Wildman–Crippen LogP) is 3.36. The van der Waals surface area contributed by atoms with Crippen LogP contribution in [0.15, 0.2) is 26.7 Å². The summed E-state index contributed by atoms with van der Waals surface area (Å²) in [6.07, 6.45) is 6.69. The lowest BCUT2D eigenvalue weighted by atomic mass is 10.2. The van der Waals surface area contributed by atoms with Crippen molar-refractivity contribution in [2.75, 3.05) is 25.2 Å². The molecule has 0 heterocycles. The standard InChI is InChI=1S/C14H24ClN5S/c1-12(6-9-18-10-8-16)14(17-3)20-19-13(2)21-11-5-4-7-15/h6,8,10,16H,4-5,7,9,11H2,1-3H3,(H,17,20)/b12-6+,16-8?,18-10?,19-13+. The molecule has 0 saturated carbocycles. The van der Waals surface area contributed by atoms with Crippen molar-refractivity contribution in [1.29, 1.82) is 5.41 Å². The van der Waals surface area contributed by atoms with E-state index in [2.05, 4.69) is 20.5 Å². The van der Waals surface area contributed by atoms with Crippen LogP contribution in [0.25, 0.3) is 0 Å². The topological polar surface area (TPSA) is 73.0 Å². The molecule has 0 aliphatic heterocycles. The Morgan fingerprint density at radius 1 is 1.33 bits per heavy atom. The highest BCUT2D eigenvalue weighted by Gasteiger charge is 2.00. The maximum atomic E-state index is 6.85. The van der Waals surface area contributed by atoms with Gasteiger partial charge in [-0.25, -0.2) is 0 Å². The minimum atomic E-state index is 0.526. The number of aliphatic imine (C=N–C) groups is 2. The lowest BCUT2D eigenvalue weighted by Gasteiger charge is -2.06. The molecule has 0 rings (SSSR count). The van der Waals surface area contributed by atoms with Gasteiger partial charge in [0.2, 0.25) is 0 Å². The monoisotopic (exact) mass is 329 g/mol. The Bertz CT molecular complexity index is 416. The number of hydrogen-bond donors (Lipinski definition) is 2. The maximum absolute atomic E-state index is 6.85. The van der Waals surface area contributed by atoms with Gasteiger partial charge in [-0.3, -0.25) is 15.4 Å². The molecular weight excluding hydrogens is 306 g/mol. The molecule has 0 unspecified atom stereocenters. The SMILES string of the molecule is CN=C(N/N=C(\C)SCCCCCl)/C(C)=C/CN=CC=N. The number of nitrogens with zero attached hydrogens (tertiary/aromatic N) is 3. The molecule has 0 aromatic rings. The molecule has 0 amide bonds. The van der Waals surface area contributed by atoms with E-state index >= 15 is 0 Å². The van der Waals surface area contributed by atoms with E-state index in [1.54, 1.807) is 18.8 Å². The molecule has 0 fully saturated rings. The van der Waals surface area contributed by atoms with Gasteiger partial charge in [-0.1, -0.05) is 6.08 Å². The highest BCUT2D eigenvalue weighted by molar-refractivity contribution is 8.13. The molecule has 0 aliphatic rings. The van der Waals surface area contributed by atoms with E-state index in [-0.39, 0.29) is 0 Å². The van der Waals surface area contributed by atoms with E-state index in [4.69, 9.17) is 17.0 Å². The third-order valence-electron chi connectivity index (χ3n) is 2.44. The first kappa shape index (κ1) is 19.9. The normalized spacial score (nSPS) is 13.8. The van der Waals surface area contributed by atoms with Gasteiger partial charge in [0, 0.05) is 25.4 Å². The summed E-state index contributed by atoms with van der Waals surface area (Å²) in [5.41, 5.74) is 3.95. The molecule has 0 spiro atoms. The quantitative estimate of drug-likeness (QED) is 0.224. The van der Waals surface area contributed by atoms with Crippen LogP contribution in [0.1, 0.15) is 26.7 Å². The number of hydrazone groups is 1. The van der Waals surface area contributed by atoms with Crippen molar-refractivity contribution < 1.29 is 0 Å². The van der Waals surface area contributed by atoms with E-state index in [9.17, 15) is 0 Å². The summed E-state index contributed by atoms with van der Waals surface area (Å²) in [5.74, 6) is 2.46. The molecule has 0 atom stereocenters. The lowest BCUT2D eigenvalue weighted by molar-refractivity contribution is 0.904. The minimum Gasteiger partial charge on any atom is -0.307 e. The zero-order chi connectivity index (χ0) is 15.9. The van der Waals surface area contributed by atoms with E-state index in [1.807, 2.05) is 19.9 Å². The summed E-state index contributed by atoms with van der Waals surface area (Å²) < 4.78 is 0. The molecule has 7 heteroatoms. The number of nitrogens with one attached hydrogen (secondary N) is 2. The van der Waals surface area contributed by atoms with Crippen LogP contribution < -0.4 is 5.43 Å². The Kier molecular flexibility index (Phi) is 13.1. The van der Waals surface area contributed by atoms with Gasteiger partial charge in [0.05, 0.1) is 11.6 Å². The lowest BCUT2D eigenvalue weighted by Crippen LogP contribution is -2.20. The van der Waals surface area contributed by atoms with Crippen molar-refractivity contribution in [2.45, 2.75) is 26.7 Å². The molecule has 2 N–H and O–H groups in total. The van der Waals surface area contributed by atoms with Gasteiger partial charge in [0.25, 0.3) is 0 Å². The van der Waals surface area contributed by atoms with Crippen LogP contribution in [0, 0.1) is 5.41 Å². The van der Waals surface area contributed by atoms with Crippen LogP contribution in [0.4, 0.5) is 0 Å². The first-order valence-corrected chi connectivity index (χ1v) is 8.29. The molecule has 0 aliphatic carbocycles. The molecule has 0 bridgehead atoms. The fourth-order valence-electron chi connectivity index (χ4n) is 1.29. The number of unbranched alkanes of at least 4 members (excludes halogenated alkanes) is 1. The Balaban J connectivity index is 4.30. The Morgan fingerprint density at radius 3 is 2.71 bits per heavy atom. The zero-order valence-electron chi connectivity index (χ0n) is 12.9. The predicted molar refractivity (Wildman–Crippen MR) is 97.9 cm³/mol. The third kappa shape index (κ3) is 11.2. The molecular formula is C14H24ClN5S. The molecule has 5 nitrogen and oxygen atoms in total. The largest absolute Gasteiger partial charge is 0.307 e. The molecule has 0 aromatic heterocycles. The van der Waals surface area contributed by atoms with Crippen molar-refractivity contribution in [3.63, 3.8) is 0 Å².